The van der Waals surface area contributed by atoms with Crippen LogP contribution in [0.15, 0.2) is 18.2 Å². The van der Waals surface area contributed by atoms with E-state index < -0.39 is 0 Å². The van der Waals surface area contributed by atoms with E-state index in [0.29, 0.717) is 24.9 Å². The Bertz CT molecular complexity index is 711. The Morgan fingerprint density at radius 3 is 2.52 bits per heavy atom. The van der Waals surface area contributed by atoms with E-state index in [-0.39, 0.29) is 17.7 Å². The highest BCUT2D eigenvalue weighted by atomic mass is 16.2. The van der Waals surface area contributed by atoms with Gasteiger partial charge in [-0.15, -0.1) is 0 Å². The van der Waals surface area contributed by atoms with Gasteiger partial charge in [-0.25, -0.2) is 0 Å². The van der Waals surface area contributed by atoms with Crippen molar-refractivity contribution in [3.8, 4) is 0 Å². The molecular weight excluding hydrogens is 342 g/mol. The first-order valence-electron chi connectivity index (χ1n) is 10.0. The van der Waals surface area contributed by atoms with E-state index in [0.717, 1.165) is 63.0 Å². The predicted octanol–water partition coefficient (Wildman–Crippen LogP) is 2.96. The van der Waals surface area contributed by atoms with Crippen LogP contribution in [0.3, 0.4) is 0 Å². The molecule has 2 saturated heterocycles. The average molecular weight is 371 g/mol. The van der Waals surface area contributed by atoms with Crippen LogP contribution in [0.25, 0.3) is 0 Å². The highest BCUT2D eigenvalue weighted by molar-refractivity contribution is 5.96. The standard InChI is InChI=1S/C21H29N3O3/c1-16-15-17(21(27)24-12-5-6-13-24)8-9-18(16)22-19(25)10-14-23-11-4-2-3-7-20(23)26/h8-9,15H,2-7,10-14H2,1H3,(H,22,25). The van der Waals surface area contributed by atoms with E-state index in [2.05, 4.69) is 5.32 Å². The summed E-state index contributed by atoms with van der Waals surface area (Å²) in [5, 5.41) is 2.91. The van der Waals surface area contributed by atoms with Gasteiger partial charge in [0.25, 0.3) is 5.91 Å². The lowest BCUT2D eigenvalue weighted by Gasteiger charge is -2.20. The van der Waals surface area contributed by atoms with Gasteiger partial charge in [-0.2, -0.15) is 0 Å². The van der Waals surface area contributed by atoms with Gasteiger partial charge >= 0.3 is 0 Å². The molecule has 1 N–H and O–H groups in total. The molecule has 0 aliphatic carbocycles. The van der Waals surface area contributed by atoms with Gasteiger partial charge in [0, 0.05) is 50.3 Å². The summed E-state index contributed by atoms with van der Waals surface area (Å²) >= 11 is 0. The van der Waals surface area contributed by atoms with Crippen molar-refractivity contribution in [2.24, 2.45) is 0 Å². The molecule has 27 heavy (non-hydrogen) atoms. The summed E-state index contributed by atoms with van der Waals surface area (Å²) in [7, 11) is 0. The van der Waals surface area contributed by atoms with Crippen LogP contribution < -0.4 is 5.32 Å². The molecule has 0 aromatic heterocycles. The fraction of sp³-hybridized carbons (Fsp3) is 0.571. The molecule has 0 spiro atoms. The third-order valence-electron chi connectivity index (χ3n) is 5.42. The normalized spacial score (nSPS) is 17.7. The lowest BCUT2D eigenvalue weighted by atomic mass is 10.1. The Morgan fingerprint density at radius 1 is 1.04 bits per heavy atom. The Labute approximate surface area is 160 Å². The molecule has 3 amide bonds. The first-order valence-corrected chi connectivity index (χ1v) is 10.0. The summed E-state index contributed by atoms with van der Waals surface area (Å²) in [4.78, 5) is 40.5. The lowest BCUT2D eigenvalue weighted by Crippen LogP contribution is -2.33. The zero-order valence-electron chi connectivity index (χ0n) is 16.1. The number of likely N-dealkylation sites (tertiary alicyclic amines) is 2. The number of hydrogen-bond acceptors (Lipinski definition) is 3. The highest BCUT2D eigenvalue weighted by Crippen LogP contribution is 2.20. The number of carbonyl (C=O) groups is 3. The molecule has 3 rings (SSSR count). The Balaban J connectivity index is 1.54. The van der Waals surface area contributed by atoms with E-state index in [9.17, 15) is 14.4 Å². The number of nitrogens with one attached hydrogen (secondary N) is 1. The van der Waals surface area contributed by atoms with Crippen LogP contribution in [0.1, 0.15) is 60.9 Å². The van der Waals surface area contributed by atoms with Gasteiger partial charge in [0.1, 0.15) is 0 Å². The van der Waals surface area contributed by atoms with E-state index in [1.165, 1.54) is 0 Å². The monoisotopic (exact) mass is 371 g/mol. The molecule has 6 heteroatoms. The Hall–Kier alpha value is -2.37. The van der Waals surface area contributed by atoms with Crippen LogP contribution in [0.2, 0.25) is 0 Å². The first-order chi connectivity index (χ1) is 13.0. The van der Waals surface area contributed by atoms with E-state index in [4.69, 9.17) is 0 Å². The van der Waals surface area contributed by atoms with Crippen molar-refractivity contribution in [3.63, 3.8) is 0 Å². The van der Waals surface area contributed by atoms with E-state index in [1.54, 1.807) is 17.0 Å². The number of rotatable bonds is 5. The lowest BCUT2D eigenvalue weighted by molar-refractivity contribution is -0.131. The number of amides is 3. The molecule has 0 unspecified atom stereocenters. The number of aryl methyl sites for hydroxylation is 1. The second-order valence-electron chi connectivity index (χ2n) is 7.52. The second-order valence-corrected chi connectivity index (χ2v) is 7.52. The molecule has 146 valence electrons. The number of benzene rings is 1. The van der Waals surface area contributed by atoms with Crippen molar-refractivity contribution >= 4 is 23.4 Å². The summed E-state index contributed by atoms with van der Waals surface area (Å²) in [5.41, 5.74) is 2.27. The highest BCUT2D eigenvalue weighted by Gasteiger charge is 2.20. The maximum Gasteiger partial charge on any atom is 0.253 e. The fourth-order valence-corrected chi connectivity index (χ4v) is 3.76. The molecule has 0 saturated carbocycles. The Morgan fingerprint density at radius 2 is 1.78 bits per heavy atom. The predicted molar refractivity (Wildman–Crippen MR) is 105 cm³/mol. The van der Waals surface area contributed by atoms with Crippen molar-refractivity contribution in [1.82, 2.24) is 9.80 Å². The molecule has 0 radical (unpaired) electrons. The largest absolute Gasteiger partial charge is 0.342 e. The van der Waals surface area contributed by atoms with Gasteiger partial charge in [0.15, 0.2) is 0 Å². The van der Waals surface area contributed by atoms with Gasteiger partial charge in [-0.3, -0.25) is 14.4 Å². The van der Waals surface area contributed by atoms with Crippen LogP contribution >= 0.6 is 0 Å². The molecule has 2 heterocycles. The minimum atomic E-state index is -0.103. The van der Waals surface area contributed by atoms with Gasteiger partial charge in [0.2, 0.25) is 11.8 Å². The van der Waals surface area contributed by atoms with Crippen molar-refractivity contribution in [3.05, 3.63) is 29.3 Å². The van der Waals surface area contributed by atoms with Gasteiger partial charge in [-0.05, 0) is 56.4 Å². The SMILES string of the molecule is Cc1cc(C(=O)N2CCCC2)ccc1NC(=O)CCN1CCCCCC1=O. The Kier molecular flexibility index (Phi) is 6.48. The van der Waals surface area contributed by atoms with Crippen molar-refractivity contribution in [2.75, 3.05) is 31.5 Å². The number of anilines is 1. The number of hydrogen-bond donors (Lipinski definition) is 1. The van der Waals surface area contributed by atoms with E-state index >= 15 is 0 Å². The smallest absolute Gasteiger partial charge is 0.253 e. The third-order valence-corrected chi connectivity index (χ3v) is 5.42. The molecule has 6 nitrogen and oxygen atoms in total. The van der Waals surface area contributed by atoms with Gasteiger partial charge in [-0.1, -0.05) is 6.42 Å². The second kappa shape index (κ2) is 9.02. The first kappa shape index (κ1) is 19.4. The summed E-state index contributed by atoms with van der Waals surface area (Å²) in [6, 6.07) is 5.42. The average Bonchev–Trinajstić information content (AvgIpc) is 3.11. The molecular formula is C21H29N3O3. The molecule has 2 aliphatic heterocycles. The summed E-state index contributed by atoms with van der Waals surface area (Å²) in [6.45, 7) is 4.76. The third kappa shape index (κ3) is 5.08. The van der Waals surface area contributed by atoms with Crippen LogP contribution in [-0.4, -0.2) is 53.7 Å². The van der Waals surface area contributed by atoms with Crippen LogP contribution in [-0.2, 0) is 9.59 Å². The van der Waals surface area contributed by atoms with Crippen LogP contribution in [0, 0.1) is 6.92 Å². The zero-order chi connectivity index (χ0) is 19.2. The summed E-state index contributed by atoms with van der Waals surface area (Å²) in [5.74, 6) is 0.114. The molecule has 2 aliphatic rings. The topological polar surface area (TPSA) is 69.7 Å². The van der Waals surface area contributed by atoms with Crippen LogP contribution in [0.5, 0.6) is 0 Å². The molecule has 0 bridgehead atoms. The molecule has 0 atom stereocenters. The zero-order valence-corrected chi connectivity index (χ0v) is 16.1. The minimum Gasteiger partial charge on any atom is -0.342 e. The maximum absolute atomic E-state index is 12.5. The van der Waals surface area contributed by atoms with E-state index in [1.807, 2.05) is 17.9 Å². The molecule has 1 aromatic rings. The van der Waals surface area contributed by atoms with Crippen LogP contribution in [0.4, 0.5) is 5.69 Å². The van der Waals surface area contributed by atoms with Gasteiger partial charge < -0.3 is 15.1 Å². The van der Waals surface area contributed by atoms with Crippen molar-refractivity contribution in [2.45, 2.75) is 51.9 Å². The van der Waals surface area contributed by atoms with Crippen molar-refractivity contribution in [1.29, 1.82) is 0 Å². The van der Waals surface area contributed by atoms with Crippen molar-refractivity contribution < 1.29 is 14.4 Å². The molecule has 2 fully saturated rings. The number of carbonyl (C=O) groups excluding carboxylic acids is 3. The minimum absolute atomic E-state index is 0.0631. The number of nitrogens with zero attached hydrogens (tertiary/aromatic N) is 2. The fourth-order valence-electron chi connectivity index (χ4n) is 3.76. The quantitative estimate of drug-likeness (QED) is 0.865. The maximum atomic E-state index is 12.5. The van der Waals surface area contributed by atoms with Gasteiger partial charge in [0.05, 0.1) is 0 Å². The summed E-state index contributed by atoms with van der Waals surface area (Å²) < 4.78 is 0. The molecule has 1 aromatic carbocycles. The summed E-state index contributed by atoms with van der Waals surface area (Å²) in [6.07, 6.45) is 6.06.